The molecule has 1 unspecified atom stereocenters. The second-order valence-electron chi connectivity index (χ2n) is 8.50. The van der Waals surface area contributed by atoms with Gasteiger partial charge in [-0.1, -0.05) is 37.3 Å². The largest absolute Gasteiger partial charge is 0.356 e. The van der Waals surface area contributed by atoms with E-state index in [0.29, 0.717) is 5.11 Å². The smallest absolute Gasteiger partial charge is 0.232 e. The Kier molecular flexibility index (Phi) is 4.57. The normalized spacial score (nSPS) is 33.7. The Bertz CT molecular complexity index is 622. The van der Waals surface area contributed by atoms with E-state index < -0.39 is 0 Å². The Hall–Kier alpha value is -1.42. The highest BCUT2D eigenvalue weighted by molar-refractivity contribution is 7.80. The van der Waals surface area contributed by atoms with Gasteiger partial charge in [0.2, 0.25) is 5.91 Å². The van der Waals surface area contributed by atoms with Gasteiger partial charge in [0, 0.05) is 0 Å². The van der Waals surface area contributed by atoms with Crippen LogP contribution in [0.25, 0.3) is 0 Å². The van der Waals surface area contributed by atoms with Crippen LogP contribution in [-0.4, -0.2) is 11.0 Å². The summed E-state index contributed by atoms with van der Waals surface area (Å²) < 4.78 is 0. The maximum Gasteiger partial charge on any atom is 0.232 e. The van der Waals surface area contributed by atoms with E-state index in [4.69, 9.17) is 12.2 Å². The van der Waals surface area contributed by atoms with Crippen LogP contribution in [0.3, 0.4) is 0 Å². The molecule has 4 fully saturated rings. The third-order valence-corrected chi connectivity index (χ3v) is 6.88. The molecule has 0 radical (unpaired) electrons. The zero-order chi connectivity index (χ0) is 17.4. The van der Waals surface area contributed by atoms with Crippen molar-refractivity contribution in [3.05, 3.63) is 35.9 Å². The SMILES string of the molecule is CCC(NC(=S)NC(=O)C12CC3CC(CC(C3)C1)C2)c1ccccc1. The Balaban J connectivity index is 1.40. The lowest BCUT2D eigenvalue weighted by Crippen LogP contribution is -2.55. The van der Waals surface area contributed by atoms with Crippen molar-refractivity contribution >= 4 is 23.2 Å². The van der Waals surface area contributed by atoms with Crippen molar-refractivity contribution in [2.75, 3.05) is 0 Å². The quantitative estimate of drug-likeness (QED) is 0.788. The molecule has 0 aliphatic heterocycles. The number of rotatable bonds is 4. The van der Waals surface area contributed by atoms with E-state index in [2.05, 4.69) is 29.7 Å². The lowest BCUT2D eigenvalue weighted by Gasteiger charge is -2.55. The van der Waals surface area contributed by atoms with Gasteiger partial charge in [-0.05, 0) is 80.5 Å². The summed E-state index contributed by atoms with van der Waals surface area (Å²) in [6.45, 7) is 2.13. The Morgan fingerprint density at radius 2 is 1.68 bits per heavy atom. The van der Waals surface area contributed by atoms with E-state index in [-0.39, 0.29) is 17.4 Å². The van der Waals surface area contributed by atoms with Crippen molar-refractivity contribution < 1.29 is 4.79 Å². The molecule has 4 aliphatic rings. The number of benzene rings is 1. The average molecular weight is 357 g/mol. The number of carbonyl (C=O) groups is 1. The predicted molar refractivity (Wildman–Crippen MR) is 104 cm³/mol. The van der Waals surface area contributed by atoms with Gasteiger partial charge in [-0.15, -0.1) is 0 Å². The molecule has 1 amide bonds. The summed E-state index contributed by atoms with van der Waals surface area (Å²) in [5.74, 6) is 2.48. The Morgan fingerprint density at radius 1 is 1.12 bits per heavy atom. The minimum Gasteiger partial charge on any atom is -0.356 e. The minimum absolute atomic E-state index is 0.144. The van der Waals surface area contributed by atoms with Gasteiger partial charge >= 0.3 is 0 Å². The van der Waals surface area contributed by atoms with Gasteiger partial charge in [0.05, 0.1) is 11.5 Å². The maximum absolute atomic E-state index is 13.1. The molecule has 4 bridgehead atoms. The van der Waals surface area contributed by atoms with Gasteiger partial charge in [0.1, 0.15) is 0 Å². The van der Waals surface area contributed by atoms with Gasteiger partial charge in [0.25, 0.3) is 0 Å². The number of carbonyl (C=O) groups excluding carboxylic acids is 1. The van der Waals surface area contributed by atoms with E-state index in [1.165, 1.54) is 24.8 Å². The highest BCUT2D eigenvalue weighted by Crippen LogP contribution is 2.60. The van der Waals surface area contributed by atoms with E-state index in [0.717, 1.165) is 43.4 Å². The number of amides is 1. The zero-order valence-electron chi connectivity index (χ0n) is 15.0. The number of thiocarbonyl (C=S) groups is 1. The molecule has 4 saturated carbocycles. The van der Waals surface area contributed by atoms with Crippen LogP contribution in [-0.2, 0) is 4.79 Å². The van der Waals surface area contributed by atoms with Crippen LogP contribution >= 0.6 is 12.2 Å². The first-order valence-corrected chi connectivity index (χ1v) is 10.2. The second kappa shape index (κ2) is 6.71. The first-order valence-electron chi connectivity index (χ1n) is 9.75. The molecular formula is C21H28N2OS. The fourth-order valence-electron chi connectivity index (χ4n) is 5.93. The molecule has 25 heavy (non-hydrogen) atoms. The van der Waals surface area contributed by atoms with Gasteiger partial charge in [-0.25, -0.2) is 0 Å². The molecule has 4 heteroatoms. The molecule has 3 nitrogen and oxygen atoms in total. The van der Waals surface area contributed by atoms with Crippen molar-refractivity contribution in [2.45, 2.75) is 57.9 Å². The molecule has 1 aromatic rings. The molecule has 0 heterocycles. The monoisotopic (exact) mass is 356 g/mol. The van der Waals surface area contributed by atoms with Crippen molar-refractivity contribution in [3.63, 3.8) is 0 Å². The molecule has 1 aromatic carbocycles. The molecule has 1 atom stereocenters. The first-order chi connectivity index (χ1) is 12.1. The Morgan fingerprint density at radius 3 is 2.20 bits per heavy atom. The number of hydrogen-bond donors (Lipinski definition) is 2. The summed E-state index contributed by atoms with van der Waals surface area (Å²) in [6, 6.07) is 10.4. The summed E-state index contributed by atoms with van der Waals surface area (Å²) in [6.07, 6.45) is 8.19. The van der Waals surface area contributed by atoms with Crippen LogP contribution in [0.5, 0.6) is 0 Å². The first kappa shape index (κ1) is 17.0. The van der Waals surface area contributed by atoms with Gasteiger partial charge in [-0.2, -0.15) is 0 Å². The molecule has 5 rings (SSSR count). The summed E-state index contributed by atoms with van der Waals surface area (Å²) >= 11 is 5.48. The summed E-state index contributed by atoms with van der Waals surface area (Å²) in [5.41, 5.74) is 1.06. The van der Waals surface area contributed by atoms with Crippen LogP contribution < -0.4 is 10.6 Å². The van der Waals surface area contributed by atoms with Crippen molar-refractivity contribution in [1.29, 1.82) is 0 Å². The lowest BCUT2D eigenvalue weighted by molar-refractivity contribution is -0.144. The van der Waals surface area contributed by atoms with Crippen molar-refractivity contribution in [1.82, 2.24) is 10.6 Å². The summed E-state index contributed by atoms with van der Waals surface area (Å²) in [5, 5.41) is 6.88. The number of hydrogen-bond acceptors (Lipinski definition) is 2. The van der Waals surface area contributed by atoms with E-state index in [1.54, 1.807) is 0 Å². The lowest BCUT2D eigenvalue weighted by atomic mass is 9.49. The van der Waals surface area contributed by atoms with Crippen LogP contribution in [0, 0.1) is 23.2 Å². The summed E-state index contributed by atoms with van der Waals surface area (Å²) in [4.78, 5) is 13.1. The molecule has 0 saturated heterocycles. The third kappa shape index (κ3) is 3.33. The summed E-state index contributed by atoms with van der Waals surface area (Å²) in [7, 11) is 0. The fourth-order valence-corrected chi connectivity index (χ4v) is 6.16. The second-order valence-corrected chi connectivity index (χ2v) is 8.91. The molecule has 0 spiro atoms. The fraction of sp³-hybridized carbons (Fsp3) is 0.619. The number of nitrogens with one attached hydrogen (secondary N) is 2. The van der Waals surface area contributed by atoms with E-state index >= 15 is 0 Å². The van der Waals surface area contributed by atoms with Crippen LogP contribution in [0.4, 0.5) is 0 Å². The molecule has 2 N–H and O–H groups in total. The van der Waals surface area contributed by atoms with Crippen molar-refractivity contribution in [3.8, 4) is 0 Å². The minimum atomic E-state index is -0.144. The molecule has 0 aromatic heterocycles. The molecule has 134 valence electrons. The van der Waals surface area contributed by atoms with E-state index in [9.17, 15) is 4.79 Å². The zero-order valence-corrected chi connectivity index (χ0v) is 15.8. The van der Waals surface area contributed by atoms with Crippen LogP contribution in [0.2, 0.25) is 0 Å². The third-order valence-electron chi connectivity index (χ3n) is 6.66. The predicted octanol–water partition coefficient (Wildman–Crippen LogP) is 4.34. The van der Waals surface area contributed by atoms with E-state index in [1.807, 2.05) is 18.2 Å². The van der Waals surface area contributed by atoms with Crippen molar-refractivity contribution in [2.24, 2.45) is 23.2 Å². The van der Waals surface area contributed by atoms with Gasteiger partial charge in [0.15, 0.2) is 5.11 Å². The van der Waals surface area contributed by atoms with Crippen LogP contribution in [0.15, 0.2) is 30.3 Å². The highest BCUT2D eigenvalue weighted by atomic mass is 32.1. The van der Waals surface area contributed by atoms with Gasteiger partial charge < -0.3 is 10.6 Å². The van der Waals surface area contributed by atoms with Crippen LogP contribution in [0.1, 0.15) is 63.5 Å². The average Bonchev–Trinajstić information content (AvgIpc) is 2.59. The Labute approximate surface area is 156 Å². The molecular weight excluding hydrogens is 328 g/mol. The maximum atomic E-state index is 13.1. The topological polar surface area (TPSA) is 41.1 Å². The van der Waals surface area contributed by atoms with Gasteiger partial charge in [-0.3, -0.25) is 4.79 Å². The molecule has 4 aliphatic carbocycles. The highest BCUT2D eigenvalue weighted by Gasteiger charge is 2.54. The standard InChI is InChI=1S/C21H28N2OS/c1-2-18(17-6-4-3-5-7-17)22-20(25)23-19(24)21-11-14-8-15(12-21)10-16(9-14)13-21/h3-7,14-16,18H,2,8-13H2,1H3,(H2,22,23,24,25).